The van der Waals surface area contributed by atoms with E-state index in [-0.39, 0.29) is 16.5 Å². The molecule has 8 nitrogen and oxygen atoms in total. The van der Waals surface area contributed by atoms with E-state index in [1.165, 1.54) is 13.1 Å². The zero-order valence-electron chi connectivity index (χ0n) is 9.82. The number of nitrogens with zero attached hydrogens (tertiary/aromatic N) is 4. The van der Waals surface area contributed by atoms with E-state index in [4.69, 9.17) is 5.73 Å². The highest BCUT2D eigenvalue weighted by molar-refractivity contribution is 7.92. The summed E-state index contributed by atoms with van der Waals surface area (Å²) in [5.41, 5.74) is 6.74. The number of aryl methyl sites for hydroxylation is 2. The SMILES string of the molecule is Cc1ccc(S(=O)(=O)Nc2nnn(C)n2)c(N)c1. The van der Waals surface area contributed by atoms with Crippen LogP contribution in [0.4, 0.5) is 11.6 Å². The average molecular weight is 268 g/mol. The second kappa shape index (κ2) is 4.26. The highest BCUT2D eigenvalue weighted by Crippen LogP contribution is 2.20. The number of benzene rings is 1. The molecule has 1 aromatic heterocycles. The molecule has 1 heterocycles. The molecule has 0 saturated heterocycles. The van der Waals surface area contributed by atoms with Gasteiger partial charge in [-0.1, -0.05) is 11.2 Å². The lowest BCUT2D eigenvalue weighted by atomic mass is 10.2. The van der Waals surface area contributed by atoms with Gasteiger partial charge in [-0.2, -0.15) is 4.80 Å². The van der Waals surface area contributed by atoms with Gasteiger partial charge in [0.2, 0.25) is 0 Å². The Hall–Kier alpha value is -2.16. The van der Waals surface area contributed by atoms with E-state index in [1.807, 2.05) is 6.92 Å². The van der Waals surface area contributed by atoms with Crippen LogP contribution in [0.2, 0.25) is 0 Å². The van der Waals surface area contributed by atoms with Gasteiger partial charge < -0.3 is 5.73 Å². The van der Waals surface area contributed by atoms with Crippen LogP contribution in [0.3, 0.4) is 0 Å². The highest BCUT2D eigenvalue weighted by atomic mass is 32.2. The molecule has 0 amide bonds. The van der Waals surface area contributed by atoms with Crippen molar-refractivity contribution in [3.05, 3.63) is 23.8 Å². The fourth-order valence-corrected chi connectivity index (χ4v) is 2.46. The molecular formula is C9H12N6O2S. The van der Waals surface area contributed by atoms with Crippen LogP contribution < -0.4 is 10.5 Å². The fraction of sp³-hybridized carbons (Fsp3) is 0.222. The monoisotopic (exact) mass is 268 g/mol. The summed E-state index contributed by atoms with van der Waals surface area (Å²) in [5, 5.41) is 10.8. The summed E-state index contributed by atoms with van der Waals surface area (Å²) in [5.74, 6) is -0.0996. The molecule has 0 fully saturated rings. The van der Waals surface area contributed by atoms with Crippen LogP contribution in [0.15, 0.2) is 23.1 Å². The number of nitrogen functional groups attached to an aromatic ring is 1. The van der Waals surface area contributed by atoms with Gasteiger partial charge in [0.05, 0.1) is 12.7 Å². The standard InChI is InChI=1S/C9H12N6O2S/c1-6-3-4-8(7(10)5-6)18(16,17)13-9-11-14-15(2)12-9/h3-5H,10H2,1-2H3,(H,12,13). The van der Waals surface area contributed by atoms with E-state index in [0.717, 1.165) is 10.4 Å². The van der Waals surface area contributed by atoms with Crippen molar-refractivity contribution in [1.82, 2.24) is 20.2 Å². The third kappa shape index (κ3) is 2.40. The maximum absolute atomic E-state index is 12.0. The Balaban J connectivity index is 2.36. The topological polar surface area (TPSA) is 116 Å². The molecule has 1 aromatic carbocycles. The van der Waals surface area contributed by atoms with Gasteiger partial charge in [0.25, 0.3) is 16.0 Å². The number of hydrogen-bond donors (Lipinski definition) is 2. The predicted octanol–water partition coefficient (Wildman–Crippen LogP) is -0.0985. The van der Waals surface area contributed by atoms with Gasteiger partial charge >= 0.3 is 0 Å². The maximum Gasteiger partial charge on any atom is 0.277 e. The smallest absolute Gasteiger partial charge is 0.277 e. The maximum atomic E-state index is 12.0. The number of sulfonamides is 1. The van der Waals surface area contributed by atoms with Crippen molar-refractivity contribution in [2.24, 2.45) is 7.05 Å². The summed E-state index contributed by atoms with van der Waals surface area (Å²) < 4.78 is 26.3. The van der Waals surface area contributed by atoms with Gasteiger partial charge in [-0.05, 0) is 29.8 Å². The zero-order chi connectivity index (χ0) is 13.3. The molecule has 0 radical (unpaired) electrons. The Morgan fingerprint density at radius 2 is 2.11 bits per heavy atom. The van der Waals surface area contributed by atoms with Crippen LogP contribution in [-0.2, 0) is 17.1 Å². The van der Waals surface area contributed by atoms with Gasteiger partial charge in [0.15, 0.2) is 0 Å². The molecule has 0 saturated carbocycles. The Kier molecular flexibility index (Phi) is 2.91. The molecular weight excluding hydrogens is 256 g/mol. The summed E-state index contributed by atoms with van der Waals surface area (Å²) >= 11 is 0. The van der Waals surface area contributed by atoms with Crippen molar-refractivity contribution in [3.8, 4) is 0 Å². The molecule has 0 spiro atoms. The number of hydrogen-bond acceptors (Lipinski definition) is 6. The molecule has 18 heavy (non-hydrogen) atoms. The molecule has 96 valence electrons. The van der Waals surface area contributed by atoms with Crippen LogP contribution in [0.5, 0.6) is 0 Å². The van der Waals surface area contributed by atoms with E-state index in [1.54, 1.807) is 12.1 Å². The van der Waals surface area contributed by atoms with E-state index < -0.39 is 10.0 Å². The van der Waals surface area contributed by atoms with Gasteiger partial charge in [-0.3, -0.25) is 0 Å². The molecule has 0 bridgehead atoms. The van der Waals surface area contributed by atoms with E-state index in [9.17, 15) is 8.42 Å². The lowest BCUT2D eigenvalue weighted by Crippen LogP contribution is -2.16. The minimum atomic E-state index is -3.80. The third-order valence-corrected chi connectivity index (χ3v) is 3.59. The van der Waals surface area contributed by atoms with Crippen LogP contribution >= 0.6 is 0 Å². The number of rotatable bonds is 3. The number of nitrogens with two attached hydrogens (primary N) is 1. The minimum Gasteiger partial charge on any atom is -0.398 e. The van der Waals surface area contributed by atoms with Crippen molar-refractivity contribution in [3.63, 3.8) is 0 Å². The summed E-state index contributed by atoms with van der Waals surface area (Å²) in [6, 6.07) is 4.68. The molecule has 9 heteroatoms. The molecule has 0 aliphatic rings. The second-order valence-electron chi connectivity index (χ2n) is 3.75. The number of nitrogens with one attached hydrogen (secondary N) is 1. The first-order chi connectivity index (χ1) is 8.38. The first-order valence-corrected chi connectivity index (χ1v) is 6.50. The summed E-state index contributed by atoms with van der Waals surface area (Å²) in [7, 11) is -2.27. The van der Waals surface area contributed by atoms with Gasteiger partial charge in [0, 0.05) is 0 Å². The molecule has 3 N–H and O–H groups in total. The molecule has 2 aromatic rings. The Morgan fingerprint density at radius 3 is 2.67 bits per heavy atom. The molecule has 0 aliphatic heterocycles. The average Bonchev–Trinajstić information content (AvgIpc) is 2.62. The van der Waals surface area contributed by atoms with Crippen molar-refractivity contribution in [2.45, 2.75) is 11.8 Å². The summed E-state index contributed by atoms with van der Waals surface area (Å²) in [4.78, 5) is 1.14. The van der Waals surface area contributed by atoms with Crippen LogP contribution in [-0.4, -0.2) is 28.6 Å². The van der Waals surface area contributed by atoms with Gasteiger partial charge in [-0.25, -0.2) is 13.1 Å². The predicted molar refractivity (Wildman–Crippen MR) is 65.2 cm³/mol. The summed E-state index contributed by atoms with van der Waals surface area (Å²) in [6.07, 6.45) is 0. The molecule has 0 aliphatic carbocycles. The van der Waals surface area contributed by atoms with Crippen molar-refractivity contribution in [2.75, 3.05) is 10.5 Å². The van der Waals surface area contributed by atoms with Gasteiger partial charge in [-0.15, -0.1) is 5.10 Å². The molecule has 0 atom stereocenters. The second-order valence-corrected chi connectivity index (χ2v) is 5.40. The largest absolute Gasteiger partial charge is 0.398 e. The minimum absolute atomic E-state index is 0.0134. The van der Waals surface area contributed by atoms with Crippen LogP contribution in [0, 0.1) is 6.92 Å². The number of aromatic nitrogens is 4. The fourth-order valence-electron chi connectivity index (χ4n) is 1.41. The first kappa shape index (κ1) is 12.3. The Morgan fingerprint density at radius 1 is 1.39 bits per heavy atom. The third-order valence-electron chi connectivity index (χ3n) is 2.19. The van der Waals surface area contributed by atoms with E-state index in [0.29, 0.717) is 0 Å². The van der Waals surface area contributed by atoms with E-state index >= 15 is 0 Å². The quantitative estimate of drug-likeness (QED) is 0.751. The lowest BCUT2D eigenvalue weighted by Gasteiger charge is -2.07. The lowest BCUT2D eigenvalue weighted by molar-refractivity contribution is 0.601. The van der Waals surface area contributed by atoms with Crippen molar-refractivity contribution in [1.29, 1.82) is 0 Å². The normalized spacial score (nSPS) is 11.4. The van der Waals surface area contributed by atoms with Crippen LogP contribution in [0.25, 0.3) is 0 Å². The highest BCUT2D eigenvalue weighted by Gasteiger charge is 2.19. The first-order valence-electron chi connectivity index (χ1n) is 5.01. The Labute approximate surface area is 104 Å². The number of anilines is 2. The van der Waals surface area contributed by atoms with Gasteiger partial charge in [0.1, 0.15) is 4.90 Å². The van der Waals surface area contributed by atoms with Crippen LogP contribution in [0.1, 0.15) is 5.56 Å². The van der Waals surface area contributed by atoms with Crippen molar-refractivity contribution < 1.29 is 8.42 Å². The van der Waals surface area contributed by atoms with Crippen molar-refractivity contribution >= 4 is 21.7 Å². The zero-order valence-corrected chi connectivity index (χ0v) is 10.6. The number of tetrazole rings is 1. The Bertz CT molecular complexity index is 678. The molecule has 2 rings (SSSR count). The van der Waals surface area contributed by atoms with E-state index in [2.05, 4.69) is 20.1 Å². The molecule has 0 unspecified atom stereocenters. The summed E-state index contributed by atoms with van der Waals surface area (Å²) in [6.45, 7) is 1.82.